The lowest BCUT2D eigenvalue weighted by atomic mass is 9.92. The molecule has 0 saturated carbocycles. The number of hydrogen-bond acceptors (Lipinski definition) is 3. The van der Waals surface area contributed by atoms with Gasteiger partial charge in [0, 0.05) is 6.42 Å². The van der Waals surface area contributed by atoms with E-state index < -0.39 is 0 Å². The molecular weight excluding hydrogens is 288 g/mol. The number of rotatable bonds is 2. The van der Waals surface area contributed by atoms with E-state index in [-0.39, 0.29) is 17.1 Å². The van der Waals surface area contributed by atoms with Crippen LogP contribution in [0.3, 0.4) is 0 Å². The van der Waals surface area contributed by atoms with E-state index in [1.165, 1.54) is 5.56 Å². The highest BCUT2D eigenvalue weighted by Gasteiger charge is 2.15. The Hall–Kier alpha value is -1.99. The molecule has 0 fully saturated rings. The largest absolute Gasteiger partial charge is 0.507 e. The molecule has 3 N–H and O–H groups in total. The second kappa shape index (κ2) is 7.52. The molecule has 1 aliphatic heterocycles. The number of benzene rings is 1. The first-order chi connectivity index (χ1) is 10.9. The SMILES string of the molecule is CC(C)(C)CC(=O)NCC#Cc1c(O)ccc2c1CCNCC2. The van der Waals surface area contributed by atoms with Crippen molar-refractivity contribution < 1.29 is 9.90 Å². The van der Waals surface area contributed by atoms with E-state index in [0.29, 0.717) is 18.5 Å². The molecule has 0 atom stereocenters. The molecule has 1 amide bonds. The van der Waals surface area contributed by atoms with Crippen molar-refractivity contribution in [3.63, 3.8) is 0 Å². The Balaban J connectivity index is 2.05. The van der Waals surface area contributed by atoms with Crippen LogP contribution in [0.15, 0.2) is 12.1 Å². The van der Waals surface area contributed by atoms with Gasteiger partial charge in [0.2, 0.25) is 5.91 Å². The maximum atomic E-state index is 11.8. The summed E-state index contributed by atoms with van der Waals surface area (Å²) in [6.45, 7) is 8.24. The Labute approximate surface area is 138 Å². The number of carbonyl (C=O) groups excluding carboxylic acids is 1. The molecule has 4 nitrogen and oxygen atoms in total. The number of nitrogens with one attached hydrogen (secondary N) is 2. The molecule has 4 heteroatoms. The molecule has 1 heterocycles. The fourth-order valence-corrected chi connectivity index (χ4v) is 2.72. The van der Waals surface area contributed by atoms with E-state index in [1.807, 2.05) is 26.8 Å². The van der Waals surface area contributed by atoms with Gasteiger partial charge in [-0.2, -0.15) is 0 Å². The van der Waals surface area contributed by atoms with E-state index in [0.717, 1.165) is 31.5 Å². The van der Waals surface area contributed by atoms with Crippen LogP contribution in [0.5, 0.6) is 5.75 Å². The van der Waals surface area contributed by atoms with Crippen molar-refractivity contribution in [2.24, 2.45) is 5.41 Å². The lowest BCUT2D eigenvalue weighted by molar-refractivity contribution is -0.122. The molecule has 0 aromatic heterocycles. The zero-order chi connectivity index (χ0) is 16.9. The number of phenolic OH excluding ortho intramolecular Hbond substituents is 1. The molecule has 1 aromatic rings. The predicted molar refractivity (Wildman–Crippen MR) is 92.3 cm³/mol. The molecule has 1 aliphatic rings. The van der Waals surface area contributed by atoms with Gasteiger partial charge in [-0.1, -0.05) is 38.7 Å². The summed E-state index contributed by atoms with van der Waals surface area (Å²) in [4.78, 5) is 11.8. The molecule has 124 valence electrons. The van der Waals surface area contributed by atoms with Gasteiger partial charge in [-0.05, 0) is 48.5 Å². The van der Waals surface area contributed by atoms with E-state index >= 15 is 0 Å². The highest BCUT2D eigenvalue weighted by Crippen LogP contribution is 2.25. The predicted octanol–water partition coefficient (Wildman–Crippen LogP) is 1.98. The normalized spacial score (nSPS) is 14.2. The summed E-state index contributed by atoms with van der Waals surface area (Å²) in [6.07, 6.45) is 2.29. The molecule has 2 rings (SSSR count). The van der Waals surface area contributed by atoms with E-state index in [4.69, 9.17) is 0 Å². The smallest absolute Gasteiger partial charge is 0.221 e. The highest BCUT2D eigenvalue weighted by molar-refractivity contribution is 5.76. The van der Waals surface area contributed by atoms with Gasteiger partial charge in [0.1, 0.15) is 5.75 Å². The second-order valence-electron chi connectivity index (χ2n) is 7.16. The van der Waals surface area contributed by atoms with Gasteiger partial charge < -0.3 is 15.7 Å². The van der Waals surface area contributed by atoms with Crippen LogP contribution in [0.2, 0.25) is 0 Å². The lowest BCUT2D eigenvalue weighted by Gasteiger charge is -2.16. The zero-order valence-electron chi connectivity index (χ0n) is 14.3. The average Bonchev–Trinajstić information content (AvgIpc) is 2.68. The van der Waals surface area contributed by atoms with Crippen LogP contribution in [0.25, 0.3) is 0 Å². The number of hydrogen-bond donors (Lipinski definition) is 3. The van der Waals surface area contributed by atoms with Gasteiger partial charge in [0.05, 0.1) is 12.1 Å². The summed E-state index contributed by atoms with van der Waals surface area (Å²) >= 11 is 0. The molecular formula is C19H26N2O2. The number of aromatic hydroxyl groups is 1. The lowest BCUT2D eigenvalue weighted by Crippen LogP contribution is -2.27. The van der Waals surface area contributed by atoms with Gasteiger partial charge >= 0.3 is 0 Å². The standard InChI is InChI=1S/C19H26N2O2/c1-19(2,3)13-18(23)21-10-4-5-16-15-9-12-20-11-8-14(15)6-7-17(16)22/h6-7,20,22H,8-13H2,1-3H3,(H,21,23). The van der Waals surface area contributed by atoms with Crippen molar-refractivity contribution in [3.8, 4) is 17.6 Å². The highest BCUT2D eigenvalue weighted by atomic mass is 16.3. The first-order valence-electron chi connectivity index (χ1n) is 8.17. The maximum Gasteiger partial charge on any atom is 0.221 e. The van der Waals surface area contributed by atoms with E-state index in [9.17, 15) is 9.90 Å². The van der Waals surface area contributed by atoms with Crippen LogP contribution in [-0.2, 0) is 17.6 Å². The van der Waals surface area contributed by atoms with Gasteiger partial charge in [0.15, 0.2) is 0 Å². The molecule has 0 bridgehead atoms. The van der Waals surface area contributed by atoms with Crippen molar-refractivity contribution >= 4 is 5.91 Å². The van der Waals surface area contributed by atoms with Gasteiger partial charge in [-0.15, -0.1) is 0 Å². The molecule has 0 spiro atoms. The van der Waals surface area contributed by atoms with Crippen molar-refractivity contribution in [1.29, 1.82) is 0 Å². The third-order valence-electron chi connectivity index (χ3n) is 3.79. The van der Waals surface area contributed by atoms with Crippen LogP contribution < -0.4 is 10.6 Å². The Morgan fingerprint density at radius 1 is 1.30 bits per heavy atom. The van der Waals surface area contributed by atoms with Crippen LogP contribution >= 0.6 is 0 Å². The molecule has 1 aromatic carbocycles. The molecule has 0 radical (unpaired) electrons. The minimum absolute atomic E-state index is 0.00659. The monoisotopic (exact) mass is 314 g/mol. The van der Waals surface area contributed by atoms with Crippen LogP contribution in [0, 0.1) is 17.3 Å². The van der Waals surface area contributed by atoms with E-state index in [2.05, 4.69) is 22.5 Å². The molecule has 23 heavy (non-hydrogen) atoms. The maximum absolute atomic E-state index is 11.8. The summed E-state index contributed by atoms with van der Waals surface area (Å²) in [5.41, 5.74) is 3.05. The summed E-state index contributed by atoms with van der Waals surface area (Å²) in [6, 6.07) is 3.69. The van der Waals surface area contributed by atoms with Crippen molar-refractivity contribution in [2.45, 2.75) is 40.0 Å². The third kappa shape index (κ3) is 5.30. The Kier molecular flexibility index (Phi) is 5.68. The fraction of sp³-hybridized carbons (Fsp3) is 0.526. The Morgan fingerprint density at radius 2 is 2.04 bits per heavy atom. The first kappa shape index (κ1) is 17.4. The quantitative estimate of drug-likeness (QED) is 0.732. The Morgan fingerprint density at radius 3 is 2.78 bits per heavy atom. The number of phenols is 1. The van der Waals surface area contributed by atoms with Crippen LogP contribution in [0.1, 0.15) is 43.9 Å². The molecule has 0 unspecified atom stereocenters. The third-order valence-corrected chi connectivity index (χ3v) is 3.79. The van der Waals surface area contributed by atoms with Crippen molar-refractivity contribution in [3.05, 3.63) is 28.8 Å². The first-order valence-corrected chi connectivity index (χ1v) is 8.17. The van der Waals surface area contributed by atoms with Crippen molar-refractivity contribution in [1.82, 2.24) is 10.6 Å². The number of fused-ring (bicyclic) bond motifs is 1. The second-order valence-corrected chi connectivity index (χ2v) is 7.16. The minimum atomic E-state index is -0.0282. The van der Waals surface area contributed by atoms with E-state index in [1.54, 1.807) is 6.07 Å². The summed E-state index contributed by atoms with van der Waals surface area (Å²) in [5.74, 6) is 6.24. The van der Waals surface area contributed by atoms with Gasteiger partial charge in [-0.25, -0.2) is 0 Å². The van der Waals surface area contributed by atoms with Crippen LogP contribution in [0.4, 0.5) is 0 Å². The minimum Gasteiger partial charge on any atom is -0.507 e. The fourth-order valence-electron chi connectivity index (χ4n) is 2.72. The number of amides is 1. The zero-order valence-corrected chi connectivity index (χ0v) is 14.3. The van der Waals surface area contributed by atoms with Gasteiger partial charge in [-0.3, -0.25) is 4.79 Å². The molecule has 0 saturated heterocycles. The van der Waals surface area contributed by atoms with Crippen molar-refractivity contribution in [2.75, 3.05) is 19.6 Å². The molecule has 0 aliphatic carbocycles. The number of carbonyl (C=O) groups is 1. The van der Waals surface area contributed by atoms with Crippen LogP contribution in [-0.4, -0.2) is 30.6 Å². The topological polar surface area (TPSA) is 61.4 Å². The summed E-state index contributed by atoms with van der Waals surface area (Å²) in [5, 5.41) is 16.3. The Bertz CT molecular complexity index is 633. The summed E-state index contributed by atoms with van der Waals surface area (Å²) < 4.78 is 0. The summed E-state index contributed by atoms with van der Waals surface area (Å²) in [7, 11) is 0. The average molecular weight is 314 g/mol. The van der Waals surface area contributed by atoms with Gasteiger partial charge in [0.25, 0.3) is 0 Å².